The van der Waals surface area contributed by atoms with Crippen molar-refractivity contribution in [2.75, 3.05) is 32.7 Å². The summed E-state index contributed by atoms with van der Waals surface area (Å²) < 4.78 is 80.4. The number of amides is 3. The summed E-state index contributed by atoms with van der Waals surface area (Å²) in [7, 11) is 0. The number of nitrogens with zero attached hydrogens (tertiary/aromatic N) is 2. The van der Waals surface area contributed by atoms with E-state index in [2.05, 4.69) is 15.5 Å². The number of hydrogen-bond donors (Lipinski definition) is 2. The first kappa shape index (κ1) is 40.1. The topological polar surface area (TPSA) is 81.8 Å². The molecule has 2 heterocycles. The van der Waals surface area contributed by atoms with Crippen LogP contribution in [0, 0.1) is 0 Å². The van der Waals surface area contributed by atoms with Crippen LogP contribution in [0.5, 0.6) is 0 Å². The Labute approximate surface area is 313 Å². The maximum Gasteiger partial charge on any atom is 0.416 e. The van der Waals surface area contributed by atoms with Crippen molar-refractivity contribution in [1.29, 1.82) is 0 Å². The van der Waals surface area contributed by atoms with E-state index in [1.807, 2.05) is 30.3 Å². The van der Waals surface area contributed by atoms with E-state index in [9.17, 15) is 40.7 Å². The summed E-state index contributed by atoms with van der Waals surface area (Å²) in [6, 6.07) is 15.9. The third kappa shape index (κ3) is 10.3. The summed E-state index contributed by atoms with van der Waals surface area (Å²) in [4.78, 5) is 42.9. The lowest BCUT2D eigenvalue weighted by Crippen LogP contribution is -2.53. The van der Waals surface area contributed by atoms with Gasteiger partial charge in [0.1, 0.15) is 0 Å². The summed E-state index contributed by atoms with van der Waals surface area (Å²) in [5, 5.41) is 6.23. The quantitative estimate of drug-likeness (QED) is 0.205. The van der Waals surface area contributed by atoms with E-state index < -0.39 is 41.5 Å². The zero-order valence-corrected chi connectivity index (χ0v) is 30.3. The van der Waals surface area contributed by atoms with Crippen LogP contribution >= 0.6 is 23.2 Å². The van der Waals surface area contributed by atoms with Gasteiger partial charge in [-0.15, -0.1) is 0 Å². The number of nitrogens with one attached hydrogen (secondary N) is 2. The van der Waals surface area contributed by atoms with Crippen molar-refractivity contribution in [1.82, 2.24) is 20.4 Å². The van der Waals surface area contributed by atoms with Crippen molar-refractivity contribution in [3.63, 3.8) is 0 Å². The third-order valence-corrected chi connectivity index (χ3v) is 10.4. The second kappa shape index (κ2) is 16.5. The Balaban J connectivity index is 1.28. The minimum absolute atomic E-state index is 0.0327. The number of rotatable bonds is 10. The first-order valence-electron chi connectivity index (χ1n) is 17.0. The van der Waals surface area contributed by atoms with Crippen molar-refractivity contribution in [3.05, 3.63) is 116 Å². The van der Waals surface area contributed by atoms with E-state index >= 15 is 0 Å². The zero-order valence-electron chi connectivity index (χ0n) is 28.8. The molecule has 0 spiro atoms. The van der Waals surface area contributed by atoms with E-state index in [1.165, 1.54) is 6.92 Å². The van der Waals surface area contributed by atoms with Crippen molar-refractivity contribution in [2.45, 2.75) is 63.5 Å². The van der Waals surface area contributed by atoms with Crippen LogP contribution in [0.15, 0.2) is 77.9 Å². The average molecular weight is 784 g/mol. The Morgan fingerprint density at radius 2 is 1.45 bits per heavy atom. The Morgan fingerprint density at radius 3 is 2.04 bits per heavy atom. The van der Waals surface area contributed by atoms with Crippen LogP contribution in [0.2, 0.25) is 10.0 Å². The predicted octanol–water partition coefficient (Wildman–Crippen LogP) is 7.94. The van der Waals surface area contributed by atoms with Crippen LogP contribution < -0.4 is 10.6 Å². The molecular weight excluding hydrogens is 745 g/mol. The molecular formula is C38H38Cl2F6N4O3. The number of likely N-dealkylation sites (tertiary alicyclic amines) is 1. The van der Waals surface area contributed by atoms with Crippen LogP contribution in [-0.4, -0.2) is 60.2 Å². The fourth-order valence-corrected chi connectivity index (χ4v) is 7.26. The number of piperidine rings is 1. The van der Waals surface area contributed by atoms with Gasteiger partial charge in [0.2, 0.25) is 17.7 Å². The number of carbonyl (C=O) groups is 3. The Morgan fingerprint density at radius 1 is 0.811 bits per heavy atom. The molecule has 2 N–H and O–H groups in total. The number of alkyl halides is 6. The number of benzene rings is 3. The van der Waals surface area contributed by atoms with Gasteiger partial charge in [-0.3, -0.25) is 14.4 Å². The minimum Gasteiger partial charge on any atom is -0.348 e. The number of carbonyl (C=O) groups excluding carboxylic acids is 3. The third-order valence-electron chi connectivity index (χ3n) is 9.66. The molecule has 2 aliphatic heterocycles. The maximum absolute atomic E-state index is 13.5. The molecule has 0 bridgehead atoms. The summed E-state index contributed by atoms with van der Waals surface area (Å²) in [6.07, 6.45) is -8.20. The lowest BCUT2D eigenvalue weighted by atomic mass is 9.80. The molecule has 0 atom stereocenters. The highest BCUT2D eigenvalue weighted by atomic mass is 35.5. The first-order valence-corrected chi connectivity index (χ1v) is 17.7. The van der Waals surface area contributed by atoms with Crippen molar-refractivity contribution >= 4 is 40.9 Å². The average Bonchev–Trinajstić information content (AvgIpc) is 3.11. The molecule has 5 rings (SSSR count). The molecule has 3 aromatic carbocycles. The van der Waals surface area contributed by atoms with E-state index in [4.69, 9.17) is 23.2 Å². The van der Waals surface area contributed by atoms with Gasteiger partial charge in [-0.05, 0) is 78.3 Å². The van der Waals surface area contributed by atoms with Gasteiger partial charge in [0, 0.05) is 58.2 Å². The normalized spacial score (nSPS) is 16.7. The molecule has 7 nitrogen and oxygen atoms in total. The molecule has 3 aromatic rings. The maximum atomic E-state index is 13.5. The molecule has 0 saturated carbocycles. The SMILES string of the molecule is CC(=O)NC1(c2ccccc2)CCN(CCC(=O)N2CCC(C(=O)NCc3cc(C(F)(F)F)cc(C(F)(F)F)c3)=C(Cc3ccc(Cl)c(Cl)c3)C2)CC1. The highest BCUT2D eigenvalue weighted by Crippen LogP contribution is 2.37. The lowest BCUT2D eigenvalue weighted by Gasteiger charge is -2.43. The van der Waals surface area contributed by atoms with E-state index in [0.717, 1.165) is 5.56 Å². The molecule has 15 heteroatoms. The van der Waals surface area contributed by atoms with Gasteiger partial charge in [-0.25, -0.2) is 0 Å². The van der Waals surface area contributed by atoms with E-state index in [-0.39, 0.29) is 66.4 Å². The Hall–Kier alpha value is -4.07. The zero-order chi connectivity index (χ0) is 38.6. The van der Waals surface area contributed by atoms with E-state index in [0.29, 0.717) is 60.8 Å². The van der Waals surface area contributed by atoms with Gasteiger partial charge in [0.25, 0.3) is 0 Å². The Kier molecular flexibility index (Phi) is 12.5. The molecule has 0 unspecified atom stereocenters. The van der Waals surface area contributed by atoms with Gasteiger partial charge in [0.05, 0.1) is 26.7 Å². The molecule has 0 radical (unpaired) electrons. The molecule has 1 saturated heterocycles. The molecule has 2 aliphatic rings. The fraction of sp³-hybridized carbons (Fsp3) is 0.395. The van der Waals surface area contributed by atoms with Gasteiger partial charge >= 0.3 is 12.4 Å². The highest BCUT2D eigenvalue weighted by molar-refractivity contribution is 6.42. The van der Waals surface area contributed by atoms with Gasteiger partial charge in [-0.2, -0.15) is 26.3 Å². The minimum atomic E-state index is -5.03. The van der Waals surface area contributed by atoms with Crippen LogP contribution in [-0.2, 0) is 45.2 Å². The predicted molar refractivity (Wildman–Crippen MR) is 189 cm³/mol. The van der Waals surface area contributed by atoms with Crippen LogP contribution in [0.4, 0.5) is 26.3 Å². The summed E-state index contributed by atoms with van der Waals surface area (Å²) in [6.45, 7) is 2.99. The fourth-order valence-electron chi connectivity index (χ4n) is 6.93. The number of hydrogen-bond acceptors (Lipinski definition) is 4. The van der Waals surface area contributed by atoms with Crippen LogP contribution in [0.25, 0.3) is 0 Å². The molecule has 284 valence electrons. The standard InChI is InChI=1S/C38H38Cl2F6N4O3/c1-24(51)48-36(28-5-3-2-4-6-28)11-15-49(16-12-36)13-10-34(52)50-14-9-31(27(23-50)17-25-7-8-32(39)33(40)20-25)35(53)47-22-26-18-29(37(41,42)43)21-30(19-26)38(44,45)46/h2-8,18-21H,9-17,22-23H2,1H3,(H,47,53)(H,48,51). The summed E-state index contributed by atoms with van der Waals surface area (Å²) in [5.74, 6) is -0.916. The molecule has 1 fully saturated rings. The lowest BCUT2D eigenvalue weighted by molar-refractivity contribution is -0.143. The monoisotopic (exact) mass is 782 g/mol. The van der Waals surface area contributed by atoms with Crippen LogP contribution in [0.1, 0.15) is 60.4 Å². The molecule has 3 amide bonds. The first-order chi connectivity index (χ1) is 24.9. The van der Waals surface area contributed by atoms with Gasteiger partial charge in [-0.1, -0.05) is 59.6 Å². The Bertz CT molecular complexity index is 1830. The summed E-state index contributed by atoms with van der Waals surface area (Å²) >= 11 is 12.3. The number of halogens is 8. The van der Waals surface area contributed by atoms with Crippen molar-refractivity contribution < 1.29 is 40.7 Å². The summed E-state index contributed by atoms with van der Waals surface area (Å²) in [5.41, 5.74) is -1.25. The van der Waals surface area contributed by atoms with Gasteiger partial charge in [0.15, 0.2) is 0 Å². The molecule has 0 aromatic heterocycles. The smallest absolute Gasteiger partial charge is 0.348 e. The molecule has 0 aliphatic carbocycles. The van der Waals surface area contributed by atoms with Crippen molar-refractivity contribution in [2.24, 2.45) is 0 Å². The van der Waals surface area contributed by atoms with Crippen LogP contribution in [0.3, 0.4) is 0 Å². The van der Waals surface area contributed by atoms with Crippen molar-refractivity contribution in [3.8, 4) is 0 Å². The van der Waals surface area contributed by atoms with E-state index in [1.54, 1.807) is 23.1 Å². The second-order valence-corrected chi connectivity index (χ2v) is 14.2. The second-order valence-electron chi connectivity index (χ2n) is 13.4. The molecule has 53 heavy (non-hydrogen) atoms. The highest BCUT2D eigenvalue weighted by Gasteiger charge is 2.38. The largest absolute Gasteiger partial charge is 0.416 e. The van der Waals surface area contributed by atoms with Gasteiger partial charge < -0.3 is 20.4 Å².